The van der Waals surface area contributed by atoms with Gasteiger partial charge in [-0.25, -0.2) is 5.01 Å². The minimum Gasteiger partial charge on any atom is -0.401 e. The molecular formula is C4H11N3. The highest BCUT2D eigenvalue weighted by Crippen LogP contribution is 1.74. The monoisotopic (exact) mass is 101 g/mol. The lowest BCUT2D eigenvalue weighted by atomic mass is 10.5. The molecule has 0 aromatic heterocycles. The Labute approximate surface area is 43.6 Å². The topological polar surface area (TPSA) is 55.3 Å². The predicted octanol–water partition coefficient (Wildman–Crippen LogP) is -0.736. The molecule has 0 aliphatic carbocycles. The Morgan fingerprint density at radius 2 is 2.29 bits per heavy atom. The molecule has 3 heteroatoms. The summed E-state index contributed by atoms with van der Waals surface area (Å²) in [5.41, 5.74) is 5.77. The fourth-order valence-electron chi connectivity index (χ4n) is 0.320. The molecule has 0 radical (unpaired) electrons. The lowest BCUT2D eigenvalue weighted by Gasteiger charge is -2.06. The van der Waals surface area contributed by atoms with Crippen LogP contribution >= 0.6 is 0 Å². The van der Waals surface area contributed by atoms with Crippen molar-refractivity contribution in [3.8, 4) is 0 Å². The van der Waals surface area contributed by atoms with E-state index in [2.05, 4.69) is 6.58 Å². The van der Waals surface area contributed by atoms with Crippen molar-refractivity contribution in [2.45, 2.75) is 0 Å². The Hall–Kier alpha value is -0.540. The summed E-state index contributed by atoms with van der Waals surface area (Å²) in [7, 11) is 1.73. The summed E-state index contributed by atoms with van der Waals surface area (Å²) in [6, 6.07) is 0. The summed E-state index contributed by atoms with van der Waals surface area (Å²) in [6.45, 7) is 4.01. The van der Waals surface area contributed by atoms with Gasteiger partial charge in [-0.05, 0) is 0 Å². The highest BCUT2D eigenvalue weighted by atomic mass is 15.4. The maximum Gasteiger partial charge on any atom is 0.0515 e. The second kappa shape index (κ2) is 2.60. The van der Waals surface area contributed by atoms with Gasteiger partial charge in [-0.2, -0.15) is 0 Å². The van der Waals surface area contributed by atoms with Crippen molar-refractivity contribution in [3.05, 3.63) is 12.3 Å². The first-order chi connectivity index (χ1) is 3.13. The van der Waals surface area contributed by atoms with E-state index in [1.807, 2.05) is 0 Å². The van der Waals surface area contributed by atoms with Crippen molar-refractivity contribution in [1.29, 1.82) is 0 Å². The fraction of sp³-hybridized carbons (Fsp3) is 0.500. The van der Waals surface area contributed by atoms with Crippen LogP contribution in [-0.2, 0) is 0 Å². The summed E-state index contributed by atoms with van der Waals surface area (Å²) in [5.74, 6) is 5.19. The van der Waals surface area contributed by atoms with Crippen LogP contribution in [0, 0.1) is 0 Å². The molecule has 0 heterocycles. The van der Waals surface area contributed by atoms with Gasteiger partial charge < -0.3 is 5.73 Å². The summed E-state index contributed by atoms with van der Waals surface area (Å²) >= 11 is 0. The van der Waals surface area contributed by atoms with Gasteiger partial charge in [0.25, 0.3) is 0 Å². The maximum atomic E-state index is 5.19. The van der Waals surface area contributed by atoms with E-state index in [1.54, 1.807) is 7.05 Å². The minimum atomic E-state index is 0.556. The van der Waals surface area contributed by atoms with Crippen LogP contribution in [0.25, 0.3) is 0 Å². The molecule has 0 bridgehead atoms. The van der Waals surface area contributed by atoms with Gasteiger partial charge in [-0.15, -0.1) is 0 Å². The molecule has 0 aromatic rings. The van der Waals surface area contributed by atoms with E-state index in [-0.39, 0.29) is 0 Å². The first-order valence-electron chi connectivity index (χ1n) is 2.02. The van der Waals surface area contributed by atoms with E-state index in [0.717, 1.165) is 0 Å². The van der Waals surface area contributed by atoms with Crippen LogP contribution in [0.5, 0.6) is 0 Å². The minimum absolute atomic E-state index is 0.556. The number of nitrogens with zero attached hydrogens (tertiary/aromatic N) is 1. The Morgan fingerprint density at radius 1 is 1.86 bits per heavy atom. The number of hydrazine groups is 1. The largest absolute Gasteiger partial charge is 0.401 e. The zero-order valence-electron chi connectivity index (χ0n) is 4.52. The maximum absolute atomic E-state index is 5.19. The second-order valence-corrected chi connectivity index (χ2v) is 1.57. The molecule has 0 aliphatic heterocycles. The molecule has 0 rings (SSSR count). The van der Waals surface area contributed by atoms with Crippen LogP contribution in [0.1, 0.15) is 0 Å². The molecule has 0 aliphatic rings. The second-order valence-electron chi connectivity index (χ2n) is 1.57. The third-order valence-corrected chi connectivity index (χ3v) is 0.452. The third kappa shape index (κ3) is 5.46. The number of rotatable bonds is 2. The summed E-state index contributed by atoms with van der Waals surface area (Å²) in [6.07, 6.45) is 0. The summed E-state index contributed by atoms with van der Waals surface area (Å²) < 4.78 is 0. The summed E-state index contributed by atoms with van der Waals surface area (Å²) in [5, 5.41) is 1.47. The van der Waals surface area contributed by atoms with Crippen molar-refractivity contribution in [3.63, 3.8) is 0 Å². The van der Waals surface area contributed by atoms with Crippen LogP contribution in [0.2, 0.25) is 0 Å². The smallest absolute Gasteiger partial charge is 0.0515 e. The van der Waals surface area contributed by atoms with Crippen LogP contribution < -0.4 is 11.6 Å². The van der Waals surface area contributed by atoms with Gasteiger partial charge in [0.15, 0.2) is 0 Å². The van der Waals surface area contributed by atoms with Gasteiger partial charge in [-0.1, -0.05) is 6.58 Å². The molecule has 0 unspecified atom stereocenters. The first-order valence-corrected chi connectivity index (χ1v) is 2.02. The quantitative estimate of drug-likeness (QED) is 0.356. The molecule has 42 valence electrons. The van der Waals surface area contributed by atoms with Crippen LogP contribution in [-0.4, -0.2) is 18.6 Å². The molecule has 7 heavy (non-hydrogen) atoms. The Morgan fingerprint density at radius 3 is 2.29 bits per heavy atom. The SMILES string of the molecule is C=C(N)CN(C)N. The molecule has 0 atom stereocenters. The summed E-state index contributed by atoms with van der Waals surface area (Å²) in [4.78, 5) is 0. The normalized spacial score (nSPS) is 9.57. The van der Waals surface area contributed by atoms with Crippen molar-refractivity contribution in [1.82, 2.24) is 5.01 Å². The van der Waals surface area contributed by atoms with Crippen LogP contribution in [0.15, 0.2) is 12.3 Å². The first kappa shape index (κ1) is 6.46. The van der Waals surface area contributed by atoms with Crippen molar-refractivity contribution >= 4 is 0 Å². The molecule has 3 nitrogen and oxygen atoms in total. The molecule has 0 aromatic carbocycles. The van der Waals surface area contributed by atoms with Crippen LogP contribution in [0.3, 0.4) is 0 Å². The zero-order valence-corrected chi connectivity index (χ0v) is 4.52. The Balaban J connectivity index is 3.13. The number of likely N-dealkylation sites (N-methyl/N-ethyl adjacent to an activating group) is 1. The van der Waals surface area contributed by atoms with Gasteiger partial charge in [-0.3, -0.25) is 5.84 Å². The predicted molar refractivity (Wildman–Crippen MR) is 30.1 cm³/mol. The van der Waals surface area contributed by atoms with E-state index in [1.165, 1.54) is 5.01 Å². The Kier molecular flexibility index (Phi) is 2.40. The fourth-order valence-corrected chi connectivity index (χ4v) is 0.320. The van der Waals surface area contributed by atoms with E-state index in [4.69, 9.17) is 11.6 Å². The highest BCUT2D eigenvalue weighted by Gasteiger charge is 1.86. The van der Waals surface area contributed by atoms with E-state index >= 15 is 0 Å². The molecule has 4 N–H and O–H groups in total. The van der Waals surface area contributed by atoms with Gasteiger partial charge in [0.2, 0.25) is 0 Å². The van der Waals surface area contributed by atoms with Crippen molar-refractivity contribution < 1.29 is 0 Å². The zero-order chi connectivity index (χ0) is 5.86. The standard InChI is InChI=1S/C4H11N3/c1-4(5)3-7(2)6/h1,3,5-6H2,2H3. The molecule has 0 spiro atoms. The third-order valence-electron chi connectivity index (χ3n) is 0.452. The average molecular weight is 101 g/mol. The Bertz CT molecular complexity index is 67.3. The van der Waals surface area contributed by atoms with Gasteiger partial charge >= 0.3 is 0 Å². The molecule has 0 saturated carbocycles. The number of hydrogen-bond acceptors (Lipinski definition) is 3. The molecular weight excluding hydrogens is 90.1 g/mol. The van der Waals surface area contributed by atoms with Gasteiger partial charge in [0, 0.05) is 12.7 Å². The van der Waals surface area contributed by atoms with Gasteiger partial charge in [0.1, 0.15) is 0 Å². The average Bonchev–Trinajstić information content (AvgIpc) is 1.27. The molecule has 0 amide bonds. The lowest BCUT2D eigenvalue weighted by molar-refractivity contribution is 0.379. The number of hydrogen-bond donors (Lipinski definition) is 2. The number of nitrogens with two attached hydrogens (primary N) is 2. The van der Waals surface area contributed by atoms with E-state index in [0.29, 0.717) is 12.2 Å². The van der Waals surface area contributed by atoms with E-state index in [9.17, 15) is 0 Å². The molecule has 0 fully saturated rings. The van der Waals surface area contributed by atoms with E-state index < -0.39 is 0 Å². The van der Waals surface area contributed by atoms with Crippen LogP contribution in [0.4, 0.5) is 0 Å². The van der Waals surface area contributed by atoms with Crippen molar-refractivity contribution in [2.24, 2.45) is 11.6 Å². The highest BCUT2D eigenvalue weighted by molar-refractivity contribution is 4.87. The lowest BCUT2D eigenvalue weighted by Crippen LogP contribution is -2.29. The van der Waals surface area contributed by atoms with Gasteiger partial charge in [0.05, 0.1) is 6.54 Å². The molecule has 0 saturated heterocycles. The van der Waals surface area contributed by atoms with Crippen molar-refractivity contribution in [2.75, 3.05) is 13.6 Å².